The summed E-state index contributed by atoms with van der Waals surface area (Å²) in [5, 5.41) is 3.77. The van der Waals surface area contributed by atoms with Crippen LogP contribution in [0.15, 0.2) is 54.6 Å². The predicted molar refractivity (Wildman–Crippen MR) is 109 cm³/mol. The van der Waals surface area contributed by atoms with Gasteiger partial charge in [0, 0.05) is 38.0 Å². The van der Waals surface area contributed by atoms with E-state index in [0.29, 0.717) is 43.5 Å². The number of esters is 1. The fraction of sp³-hybridized carbons (Fsp3) is 0.348. The Morgan fingerprint density at radius 3 is 2.38 bits per heavy atom. The molecule has 1 saturated heterocycles. The molecule has 1 heterocycles. The molecule has 0 unspecified atom stereocenters. The van der Waals surface area contributed by atoms with Crippen LogP contribution in [-0.4, -0.2) is 54.4 Å². The van der Waals surface area contributed by atoms with Gasteiger partial charge in [-0.15, -0.1) is 0 Å². The minimum atomic E-state index is -0.364. The number of rotatable bonds is 8. The highest BCUT2D eigenvalue weighted by Crippen LogP contribution is 2.16. The molecular formula is C23H26N2O4. The van der Waals surface area contributed by atoms with Crippen LogP contribution < -0.4 is 0 Å². The van der Waals surface area contributed by atoms with Crippen molar-refractivity contribution in [2.45, 2.75) is 25.7 Å². The number of hydrogen-bond acceptors (Lipinski definition) is 5. The maximum atomic E-state index is 12.5. The second kappa shape index (κ2) is 9.98. The van der Waals surface area contributed by atoms with E-state index in [9.17, 15) is 14.4 Å². The van der Waals surface area contributed by atoms with Crippen LogP contribution in [0, 0.1) is 0 Å². The Bertz CT molecular complexity index is 849. The summed E-state index contributed by atoms with van der Waals surface area (Å²) in [6.45, 7) is 1.85. The Balaban J connectivity index is 1.57. The lowest BCUT2D eigenvalue weighted by Gasteiger charge is -2.38. The molecule has 1 aliphatic heterocycles. The molecule has 0 radical (unpaired) electrons. The van der Waals surface area contributed by atoms with Crippen LogP contribution in [-0.2, 0) is 16.0 Å². The molecule has 1 amide bonds. The van der Waals surface area contributed by atoms with E-state index >= 15 is 0 Å². The molecule has 152 valence electrons. The summed E-state index contributed by atoms with van der Waals surface area (Å²) in [6, 6.07) is 16.5. The molecule has 0 aromatic heterocycles. The van der Waals surface area contributed by atoms with Crippen LogP contribution in [0.3, 0.4) is 0 Å². The van der Waals surface area contributed by atoms with Gasteiger partial charge in [0.15, 0.2) is 5.78 Å². The van der Waals surface area contributed by atoms with Crippen molar-refractivity contribution in [3.05, 3.63) is 71.3 Å². The number of methoxy groups -OCH3 is 1. The van der Waals surface area contributed by atoms with E-state index in [1.165, 1.54) is 7.11 Å². The largest absolute Gasteiger partial charge is 0.465 e. The van der Waals surface area contributed by atoms with Crippen LogP contribution >= 0.6 is 0 Å². The van der Waals surface area contributed by atoms with E-state index in [0.717, 1.165) is 18.5 Å². The van der Waals surface area contributed by atoms with Crippen molar-refractivity contribution in [3.63, 3.8) is 0 Å². The van der Waals surface area contributed by atoms with Crippen molar-refractivity contribution in [1.82, 2.24) is 10.0 Å². The van der Waals surface area contributed by atoms with Gasteiger partial charge >= 0.3 is 5.97 Å². The van der Waals surface area contributed by atoms with Gasteiger partial charge in [-0.25, -0.2) is 9.80 Å². The Morgan fingerprint density at radius 2 is 1.69 bits per heavy atom. The first-order valence-electron chi connectivity index (χ1n) is 9.89. The molecule has 1 aliphatic rings. The van der Waals surface area contributed by atoms with E-state index < -0.39 is 0 Å². The maximum Gasteiger partial charge on any atom is 0.337 e. The molecule has 0 saturated carbocycles. The third-order valence-corrected chi connectivity index (χ3v) is 5.12. The number of ether oxygens (including phenoxy) is 1. The van der Waals surface area contributed by atoms with Gasteiger partial charge in [-0.05, 0) is 30.5 Å². The second-order valence-electron chi connectivity index (χ2n) is 7.05. The van der Waals surface area contributed by atoms with Gasteiger partial charge in [0.05, 0.1) is 12.7 Å². The average Bonchev–Trinajstić information content (AvgIpc) is 2.77. The number of Topliss-reactive ketones (excluding diaryl/α,β-unsaturated/α-hetero) is 1. The van der Waals surface area contributed by atoms with E-state index in [1.54, 1.807) is 17.1 Å². The standard InChI is InChI=1S/C23H26N2O4/c1-29-23(28)20-11-9-18(10-12-20)13-17-25-22(27)8-5-15-24(25)16-14-21(26)19-6-3-2-4-7-19/h2-4,6-7,9-12H,5,8,13-17H2,1H3. The lowest BCUT2D eigenvalue weighted by molar-refractivity contribution is -0.155. The lowest BCUT2D eigenvalue weighted by atomic mass is 10.1. The summed E-state index contributed by atoms with van der Waals surface area (Å²) >= 11 is 0. The fourth-order valence-electron chi connectivity index (χ4n) is 3.48. The molecule has 2 aromatic rings. The van der Waals surface area contributed by atoms with Crippen molar-refractivity contribution in [2.24, 2.45) is 0 Å². The number of hydrogen-bond donors (Lipinski definition) is 0. The molecule has 0 aliphatic carbocycles. The van der Waals surface area contributed by atoms with E-state index in [2.05, 4.69) is 0 Å². The third-order valence-electron chi connectivity index (χ3n) is 5.12. The van der Waals surface area contributed by atoms with Crippen LogP contribution in [0.2, 0.25) is 0 Å². The predicted octanol–water partition coefficient (Wildman–Crippen LogP) is 3.13. The zero-order valence-electron chi connectivity index (χ0n) is 16.7. The summed E-state index contributed by atoms with van der Waals surface area (Å²) in [5.41, 5.74) is 2.25. The molecule has 0 N–H and O–H groups in total. The number of amides is 1. The first-order valence-corrected chi connectivity index (χ1v) is 9.89. The summed E-state index contributed by atoms with van der Waals surface area (Å²) in [4.78, 5) is 36.4. The number of hydrazine groups is 1. The summed E-state index contributed by atoms with van der Waals surface area (Å²) in [7, 11) is 1.36. The normalized spacial score (nSPS) is 14.7. The number of carbonyl (C=O) groups is 3. The van der Waals surface area contributed by atoms with Crippen molar-refractivity contribution in [3.8, 4) is 0 Å². The number of nitrogens with zero attached hydrogens (tertiary/aromatic N) is 2. The average molecular weight is 394 g/mol. The van der Waals surface area contributed by atoms with E-state index in [1.807, 2.05) is 47.5 Å². The Morgan fingerprint density at radius 1 is 0.966 bits per heavy atom. The highest BCUT2D eigenvalue weighted by Gasteiger charge is 2.26. The van der Waals surface area contributed by atoms with Crippen molar-refractivity contribution in [2.75, 3.05) is 26.7 Å². The van der Waals surface area contributed by atoms with Gasteiger partial charge < -0.3 is 4.74 Å². The molecule has 0 atom stereocenters. The zero-order chi connectivity index (χ0) is 20.6. The molecule has 0 bridgehead atoms. The van der Waals surface area contributed by atoms with Gasteiger partial charge in [0.25, 0.3) is 0 Å². The summed E-state index contributed by atoms with van der Waals surface area (Å²) < 4.78 is 4.71. The first-order chi connectivity index (χ1) is 14.1. The van der Waals surface area contributed by atoms with Crippen molar-refractivity contribution < 1.29 is 19.1 Å². The SMILES string of the molecule is COC(=O)c1ccc(CCN2C(=O)CCCN2CCC(=O)c2ccccc2)cc1. The Kier molecular flexibility index (Phi) is 7.14. The highest BCUT2D eigenvalue weighted by molar-refractivity contribution is 5.96. The number of ketones is 1. The Labute approximate surface area is 171 Å². The van der Waals surface area contributed by atoms with Crippen LogP contribution in [0.25, 0.3) is 0 Å². The minimum Gasteiger partial charge on any atom is -0.465 e. The number of benzene rings is 2. The highest BCUT2D eigenvalue weighted by atomic mass is 16.5. The number of carbonyl (C=O) groups excluding carboxylic acids is 3. The lowest BCUT2D eigenvalue weighted by Crippen LogP contribution is -2.51. The summed E-state index contributed by atoms with van der Waals surface area (Å²) in [5.74, 6) is -0.187. The zero-order valence-corrected chi connectivity index (χ0v) is 16.7. The molecule has 29 heavy (non-hydrogen) atoms. The second-order valence-corrected chi connectivity index (χ2v) is 7.05. The molecular weight excluding hydrogens is 368 g/mol. The third kappa shape index (κ3) is 5.51. The fourth-order valence-corrected chi connectivity index (χ4v) is 3.48. The monoisotopic (exact) mass is 394 g/mol. The molecule has 6 nitrogen and oxygen atoms in total. The van der Waals surface area contributed by atoms with Crippen molar-refractivity contribution in [1.29, 1.82) is 0 Å². The smallest absolute Gasteiger partial charge is 0.337 e. The van der Waals surface area contributed by atoms with Crippen LogP contribution in [0.1, 0.15) is 45.5 Å². The summed E-state index contributed by atoms with van der Waals surface area (Å²) in [6.07, 6.45) is 2.39. The topological polar surface area (TPSA) is 66.9 Å². The van der Waals surface area contributed by atoms with E-state index in [4.69, 9.17) is 4.74 Å². The molecule has 0 spiro atoms. The van der Waals surface area contributed by atoms with Gasteiger partial charge in [-0.3, -0.25) is 14.6 Å². The van der Waals surface area contributed by atoms with Crippen molar-refractivity contribution >= 4 is 17.7 Å². The van der Waals surface area contributed by atoms with Gasteiger partial charge in [0.1, 0.15) is 0 Å². The molecule has 6 heteroatoms. The first kappa shape index (κ1) is 20.7. The quantitative estimate of drug-likeness (QED) is 0.508. The maximum absolute atomic E-state index is 12.5. The van der Waals surface area contributed by atoms with Crippen LogP contribution in [0.5, 0.6) is 0 Å². The van der Waals surface area contributed by atoms with Gasteiger partial charge in [0.2, 0.25) is 5.91 Å². The molecule has 1 fully saturated rings. The van der Waals surface area contributed by atoms with Gasteiger partial charge in [-0.1, -0.05) is 42.5 Å². The van der Waals surface area contributed by atoms with Gasteiger partial charge in [-0.2, -0.15) is 0 Å². The Hall–Kier alpha value is -2.99. The minimum absolute atomic E-state index is 0.0852. The van der Waals surface area contributed by atoms with E-state index in [-0.39, 0.29) is 17.7 Å². The molecule has 2 aromatic carbocycles. The van der Waals surface area contributed by atoms with Crippen LogP contribution in [0.4, 0.5) is 0 Å². The molecule has 3 rings (SSSR count).